The molecular weight excluding hydrogens is 394 g/mol. The second-order valence-electron chi connectivity index (χ2n) is 7.56. The lowest BCUT2D eigenvalue weighted by molar-refractivity contribution is -0.123. The molecule has 0 saturated carbocycles. The molecule has 0 aliphatic carbocycles. The van der Waals surface area contributed by atoms with E-state index in [4.69, 9.17) is 9.47 Å². The van der Waals surface area contributed by atoms with E-state index in [0.29, 0.717) is 5.75 Å². The number of hydrogen-bond acceptors (Lipinski definition) is 4. The molecule has 7 nitrogen and oxygen atoms in total. The van der Waals surface area contributed by atoms with Gasteiger partial charge in [0.2, 0.25) is 6.79 Å². The van der Waals surface area contributed by atoms with Crippen molar-refractivity contribution < 1.29 is 19.1 Å². The van der Waals surface area contributed by atoms with Crippen LogP contribution in [0.3, 0.4) is 0 Å². The van der Waals surface area contributed by atoms with Gasteiger partial charge in [-0.2, -0.15) is 0 Å². The molecule has 1 saturated heterocycles. The number of aromatic nitrogens is 1. The number of ether oxygens (including phenoxy) is 2. The number of benzene rings is 2. The van der Waals surface area contributed by atoms with E-state index in [-0.39, 0.29) is 24.9 Å². The summed E-state index contributed by atoms with van der Waals surface area (Å²) in [4.78, 5) is 26.5. The molecule has 0 bridgehead atoms. The van der Waals surface area contributed by atoms with Gasteiger partial charge in [0.15, 0.2) is 11.5 Å². The van der Waals surface area contributed by atoms with Gasteiger partial charge >= 0.3 is 6.03 Å². The number of urea groups is 1. The minimum atomic E-state index is -0.412. The monoisotopic (exact) mass is 415 g/mol. The number of rotatable bonds is 4. The Labute approximate surface area is 179 Å². The Bertz CT molecular complexity index is 1230. The summed E-state index contributed by atoms with van der Waals surface area (Å²) in [6.45, 7) is 4.43. The van der Waals surface area contributed by atoms with E-state index >= 15 is 0 Å². The summed E-state index contributed by atoms with van der Waals surface area (Å²) < 4.78 is 13.0. The summed E-state index contributed by atoms with van der Waals surface area (Å²) in [6, 6.07) is 16.8. The maximum atomic E-state index is 12.9. The van der Waals surface area contributed by atoms with Crippen molar-refractivity contribution in [1.29, 1.82) is 0 Å². The Morgan fingerprint density at radius 3 is 2.58 bits per heavy atom. The van der Waals surface area contributed by atoms with Crippen molar-refractivity contribution in [2.45, 2.75) is 20.4 Å². The summed E-state index contributed by atoms with van der Waals surface area (Å²) in [7, 11) is 0. The number of aryl methyl sites for hydroxylation is 1. The summed E-state index contributed by atoms with van der Waals surface area (Å²) in [5, 5.41) is 2.70. The predicted molar refractivity (Wildman–Crippen MR) is 115 cm³/mol. The molecule has 31 heavy (non-hydrogen) atoms. The molecule has 1 aromatic heterocycles. The Morgan fingerprint density at radius 1 is 1.00 bits per heavy atom. The van der Waals surface area contributed by atoms with E-state index in [9.17, 15) is 9.59 Å². The molecular formula is C24H21N3O4. The molecule has 2 aromatic carbocycles. The van der Waals surface area contributed by atoms with Gasteiger partial charge in [0.1, 0.15) is 5.70 Å². The third-order valence-corrected chi connectivity index (χ3v) is 5.53. The fourth-order valence-corrected chi connectivity index (χ4v) is 3.99. The lowest BCUT2D eigenvalue weighted by atomic mass is 10.2. The summed E-state index contributed by atoms with van der Waals surface area (Å²) in [5.74, 6) is 1.10. The second kappa shape index (κ2) is 7.36. The lowest BCUT2D eigenvalue weighted by Gasteiger charge is -2.11. The van der Waals surface area contributed by atoms with Crippen LogP contribution in [0.15, 0.2) is 60.3 Å². The summed E-state index contributed by atoms with van der Waals surface area (Å²) in [6.07, 6.45) is 1.73. The number of carbonyl (C=O) groups excluding carboxylic acids is 2. The standard InChI is InChI=1S/C24H21N3O4/c1-15-10-18(16(2)27(15)19-8-9-21-22(12-19)31-14-30-21)11-20-23(28)26(24(29)25-20)13-17-6-4-3-5-7-17/h3-12H,13-14H2,1-2H3,(H,25,29)/b20-11+. The van der Waals surface area contributed by atoms with Crippen LogP contribution in [0.2, 0.25) is 0 Å². The number of hydrogen-bond donors (Lipinski definition) is 1. The van der Waals surface area contributed by atoms with E-state index in [1.54, 1.807) is 6.08 Å². The quantitative estimate of drug-likeness (QED) is 0.518. The van der Waals surface area contributed by atoms with Crippen LogP contribution in [0, 0.1) is 13.8 Å². The molecule has 0 radical (unpaired) electrons. The van der Waals surface area contributed by atoms with Crippen LogP contribution in [0.4, 0.5) is 4.79 Å². The highest BCUT2D eigenvalue weighted by Gasteiger charge is 2.33. The Hall–Kier alpha value is -4.00. The van der Waals surface area contributed by atoms with Crippen molar-refractivity contribution in [3.63, 3.8) is 0 Å². The second-order valence-corrected chi connectivity index (χ2v) is 7.56. The van der Waals surface area contributed by atoms with E-state index in [2.05, 4.69) is 9.88 Å². The number of imide groups is 1. The number of carbonyl (C=O) groups is 2. The minimum Gasteiger partial charge on any atom is -0.454 e. The molecule has 7 heteroatoms. The highest BCUT2D eigenvalue weighted by molar-refractivity contribution is 6.14. The fourth-order valence-electron chi connectivity index (χ4n) is 3.99. The molecule has 156 valence electrons. The average Bonchev–Trinajstić information content (AvgIpc) is 3.41. The van der Waals surface area contributed by atoms with Crippen LogP contribution in [0.1, 0.15) is 22.5 Å². The van der Waals surface area contributed by atoms with Gasteiger partial charge in [0.25, 0.3) is 5.91 Å². The first-order valence-corrected chi connectivity index (χ1v) is 9.99. The van der Waals surface area contributed by atoms with E-state index in [0.717, 1.165) is 34.0 Å². The van der Waals surface area contributed by atoms with Crippen LogP contribution < -0.4 is 14.8 Å². The lowest BCUT2D eigenvalue weighted by Crippen LogP contribution is -2.30. The normalized spacial score (nSPS) is 16.3. The Kier molecular flexibility index (Phi) is 4.51. The van der Waals surface area contributed by atoms with Gasteiger partial charge in [-0.05, 0) is 49.2 Å². The zero-order chi connectivity index (χ0) is 21.5. The molecule has 1 N–H and O–H groups in total. The predicted octanol–water partition coefficient (Wildman–Crippen LogP) is 3.92. The van der Waals surface area contributed by atoms with Gasteiger partial charge < -0.3 is 19.4 Å². The van der Waals surface area contributed by atoms with Gasteiger partial charge in [0.05, 0.1) is 6.54 Å². The van der Waals surface area contributed by atoms with Gasteiger partial charge in [0, 0.05) is 23.1 Å². The summed E-state index contributed by atoms with van der Waals surface area (Å²) >= 11 is 0. The van der Waals surface area contributed by atoms with Crippen molar-refractivity contribution in [1.82, 2.24) is 14.8 Å². The highest BCUT2D eigenvalue weighted by atomic mass is 16.7. The number of fused-ring (bicyclic) bond motifs is 1. The topological polar surface area (TPSA) is 72.8 Å². The molecule has 3 aromatic rings. The zero-order valence-corrected chi connectivity index (χ0v) is 17.2. The van der Waals surface area contributed by atoms with Crippen molar-refractivity contribution in [3.05, 3.63) is 82.8 Å². The van der Waals surface area contributed by atoms with Crippen molar-refractivity contribution >= 4 is 18.0 Å². The molecule has 5 rings (SSSR count). The van der Waals surface area contributed by atoms with Gasteiger partial charge in [-0.3, -0.25) is 9.69 Å². The SMILES string of the molecule is Cc1cc(/C=C2/NC(=O)N(Cc3ccccc3)C2=O)c(C)n1-c1ccc2c(c1)OCO2. The largest absolute Gasteiger partial charge is 0.454 e. The van der Waals surface area contributed by atoms with E-state index < -0.39 is 6.03 Å². The maximum Gasteiger partial charge on any atom is 0.329 e. The maximum absolute atomic E-state index is 12.9. The third kappa shape index (κ3) is 3.34. The number of nitrogens with zero attached hydrogens (tertiary/aromatic N) is 2. The van der Waals surface area contributed by atoms with Crippen molar-refractivity contribution in [2.24, 2.45) is 0 Å². The smallest absolute Gasteiger partial charge is 0.329 e. The number of amides is 3. The molecule has 1 fully saturated rings. The molecule has 0 spiro atoms. The average molecular weight is 415 g/mol. The van der Waals surface area contributed by atoms with Crippen LogP contribution in [0.5, 0.6) is 11.5 Å². The molecule has 2 aliphatic heterocycles. The van der Waals surface area contributed by atoms with Crippen molar-refractivity contribution in [3.8, 4) is 17.2 Å². The first-order valence-electron chi connectivity index (χ1n) is 9.99. The van der Waals surface area contributed by atoms with Crippen LogP contribution in [-0.2, 0) is 11.3 Å². The van der Waals surface area contributed by atoms with Crippen LogP contribution in [0.25, 0.3) is 11.8 Å². The molecule has 0 atom stereocenters. The molecule has 3 heterocycles. The zero-order valence-electron chi connectivity index (χ0n) is 17.2. The van der Waals surface area contributed by atoms with Crippen LogP contribution >= 0.6 is 0 Å². The fraction of sp³-hybridized carbons (Fsp3) is 0.167. The molecule has 2 aliphatic rings. The van der Waals surface area contributed by atoms with E-state index in [1.807, 2.05) is 68.4 Å². The minimum absolute atomic E-state index is 0.223. The highest BCUT2D eigenvalue weighted by Crippen LogP contribution is 2.35. The van der Waals surface area contributed by atoms with E-state index in [1.165, 1.54) is 4.90 Å². The van der Waals surface area contributed by atoms with Gasteiger partial charge in [-0.15, -0.1) is 0 Å². The first kappa shape index (κ1) is 19.0. The number of nitrogens with one attached hydrogen (secondary N) is 1. The summed E-state index contributed by atoms with van der Waals surface area (Å²) in [5.41, 5.74) is 4.92. The van der Waals surface area contributed by atoms with Crippen LogP contribution in [-0.4, -0.2) is 28.2 Å². The molecule has 3 amide bonds. The van der Waals surface area contributed by atoms with Gasteiger partial charge in [-0.25, -0.2) is 4.79 Å². The molecule has 0 unspecified atom stereocenters. The van der Waals surface area contributed by atoms with Crippen molar-refractivity contribution in [2.75, 3.05) is 6.79 Å². The van der Waals surface area contributed by atoms with Gasteiger partial charge in [-0.1, -0.05) is 30.3 Å². The first-order chi connectivity index (χ1) is 15.0. The Balaban J connectivity index is 1.44. The Morgan fingerprint density at radius 2 is 1.77 bits per heavy atom. The third-order valence-electron chi connectivity index (χ3n) is 5.53.